The van der Waals surface area contributed by atoms with Gasteiger partial charge in [0.1, 0.15) is 30.5 Å². The van der Waals surface area contributed by atoms with Gasteiger partial charge < -0.3 is 34.3 Å². The Morgan fingerprint density at radius 2 is 0.917 bits per heavy atom. The molecule has 0 radical (unpaired) electrons. The van der Waals surface area contributed by atoms with Crippen LogP contribution in [0.5, 0.6) is 0 Å². The Balaban J connectivity index is 2.35. The van der Waals surface area contributed by atoms with E-state index in [1.54, 1.807) is 0 Å². The summed E-state index contributed by atoms with van der Waals surface area (Å²) in [7, 11) is -5.08. The van der Waals surface area contributed by atoms with Crippen LogP contribution < -0.4 is 0 Å². The fraction of sp³-hybridized carbons (Fsp3) is 0.678. The predicted molar refractivity (Wildman–Crippen MR) is 294 cm³/mol. The maximum atomic E-state index is 13.0. The lowest BCUT2D eigenvalue weighted by atomic mass is 9.99. The third-order valence-electron chi connectivity index (χ3n) is 11.9. The molecule has 6 unspecified atom stereocenters. The van der Waals surface area contributed by atoms with Crippen molar-refractivity contribution in [2.24, 2.45) is 0 Å². The molecule has 1 fully saturated rings. The molecule has 13 heteroatoms. The summed E-state index contributed by atoms with van der Waals surface area (Å²) in [6.45, 7) is 3.72. The van der Waals surface area contributed by atoms with Crippen molar-refractivity contribution in [2.75, 3.05) is 26.4 Å². The van der Waals surface area contributed by atoms with E-state index in [9.17, 15) is 33.1 Å². The zero-order chi connectivity index (χ0) is 52.4. The van der Waals surface area contributed by atoms with Crippen LogP contribution in [-0.4, -0.2) is 97.5 Å². The summed E-state index contributed by atoms with van der Waals surface area (Å²) >= 11 is 0. The Morgan fingerprint density at radius 1 is 0.528 bits per heavy atom. The van der Waals surface area contributed by atoms with Crippen molar-refractivity contribution in [3.8, 4) is 0 Å². The molecule has 0 saturated carbocycles. The number of carbonyl (C=O) groups is 1. The van der Waals surface area contributed by atoms with Gasteiger partial charge in [-0.25, -0.2) is 4.18 Å². The maximum Gasteiger partial charge on any atom is 0.397 e. The minimum absolute atomic E-state index is 0.0171. The maximum absolute atomic E-state index is 13.0. The highest BCUT2D eigenvalue weighted by Crippen LogP contribution is 2.26. The number of ether oxygens (including phenoxy) is 4. The first kappa shape index (κ1) is 66.8. The van der Waals surface area contributed by atoms with Crippen LogP contribution in [0.15, 0.2) is 109 Å². The number of hydrogen-bond acceptors (Lipinski definition) is 11. The van der Waals surface area contributed by atoms with Crippen LogP contribution in [0.2, 0.25) is 0 Å². The molecule has 412 valence electrons. The minimum Gasteiger partial charge on any atom is -0.457 e. The van der Waals surface area contributed by atoms with Crippen molar-refractivity contribution in [1.29, 1.82) is 0 Å². The molecule has 0 aromatic heterocycles. The predicted octanol–water partition coefficient (Wildman–Crippen LogP) is 13.5. The van der Waals surface area contributed by atoms with E-state index >= 15 is 0 Å². The van der Waals surface area contributed by atoms with E-state index in [-0.39, 0.29) is 19.6 Å². The summed E-state index contributed by atoms with van der Waals surface area (Å²) in [6.07, 6.45) is 59.7. The summed E-state index contributed by atoms with van der Waals surface area (Å²) in [6, 6.07) is 0. The zero-order valence-electron chi connectivity index (χ0n) is 44.4. The quantitative estimate of drug-likeness (QED) is 0.0197. The molecule has 1 saturated heterocycles. The summed E-state index contributed by atoms with van der Waals surface area (Å²) in [5.74, 6) is -0.414. The molecular formula is C59H98O12S. The number of esters is 1. The van der Waals surface area contributed by atoms with E-state index in [4.69, 9.17) is 18.9 Å². The SMILES string of the molecule is CC/C=C\C/C=C\C/C=C\C/C=C\C/C=C\CCCCCCCCOCC(COC1OC(CO)C(O)C(OS(=O)(=O)O)C1O)OC(=O)CCCCCCCCCCCC/C=C\C/C=C\C/C=C\C/C=C\CC. The van der Waals surface area contributed by atoms with Crippen LogP contribution in [0.4, 0.5) is 0 Å². The molecule has 12 nitrogen and oxygen atoms in total. The van der Waals surface area contributed by atoms with Gasteiger partial charge in [0, 0.05) is 13.0 Å². The molecule has 0 amide bonds. The Morgan fingerprint density at radius 3 is 1.33 bits per heavy atom. The number of hydrogen-bond donors (Lipinski definition) is 4. The lowest BCUT2D eigenvalue weighted by Crippen LogP contribution is -2.60. The van der Waals surface area contributed by atoms with Crippen molar-refractivity contribution in [3.05, 3.63) is 109 Å². The van der Waals surface area contributed by atoms with Crippen molar-refractivity contribution in [2.45, 2.75) is 230 Å². The largest absolute Gasteiger partial charge is 0.457 e. The van der Waals surface area contributed by atoms with E-state index in [0.717, 1.165) is 122 Å². The normalized spacial score (nSPS) is 19.8. The molecule has 4 N–H and O–H groups in total. The summed E-state index contributed by atoms with van der Waals surface area (Å²) in [5, 5.41) is 30.8. The monoisotopic (exact) mass is 1030 g/mol. The fourth-order valence-corrected chi connectivity index (χ4v) is 8.32. The van der Waals surface area contributed by atoms with Gasteiger partial charge in [-0.15, -0.1) is 0 Å². The molecule has 1 aliphatic heterocycles. The molecule has 1 heterocycles. The fourth-order valence-electron chi connectivity index (χ4n) is 7.81. The van der Waals surface area contributed by atoms with Crippen molar-refractivity contribution in [3.63, 3.8) is 0 Å². The standard InChI is InChI=1S/C59H98O12S/c1-3-5-7-9-11-13-15-17-19-21-23-25-27-28-30-32-34-36-38-40-42-44-46-48-55(61)69-53(52-68-59-57(63)58(71-72(64,65)66)56(62)54(50-60)70-59)51-67-49-47-45-43-41-39-37-35-33-31-29-26-24-22-20-18-16-14-12-10-8-6-4-2/h5-8,11-14,17-20,23-26,31,33,53-54,56-60,62-63H,3-4,9-10,15-16,21-22,27-30,32,34-52H2,1-2H3,(H,64,65,66)/b7-5-,8-6-,13-11-,14-12-,19-17-,20-18-,25-23-,26-24-,33-31-. The molecule has 0 aliphatic carbocycles. The van der Waals surface area contributed by atoms with Crippen LogP contribution in [0.25, 0.3) is 0 Å². The smallest absolute Gasteiger partial charge is 0.397 e. The summed E-state index contributed by atoms with van der Waals surface area (Å²) in [4.78, 5) is 13.0. The van der Waals surface area contributed by atoms with Crippen LogP contribution in [0, 0.1) is 0 Å². The molecular weight excluding hydrogens is 933 g/mol. The second kappa shape index (κ2) is 48.7. The van der Waals surface area contributed by atoms with Crippen molar-refractivity contribution >= 4 is 16.4 Å². The van der Waals surface area contributed by atoms with Crippen LogP contribution in [-0.2, 0) is 38.3 Å². The number of allylic oxidation sites excluding steroid dienone is 18. The number of aliphatic hydroxyl groups excluding tert-OH is 3. The van der Waals surface area contributed by atoms with Crippen LogP contribution >= 0.6 is 0 Å². The summed E-state index contributed by atoms with van der Waals surface area (Å²) in [5.41, 5.74) is 0. The molecule has 0 bridgehead atoms. The average molecular weight is 1030 g/mol. The lowest BCUT2D eigenvalue weighted by Gasteiger charge is -2.41. The van der Waals surface area contributed by atoms with Crippen LogP contribution in [0.1, 0.15) is 194 Å². The second-order valence-electron chi connectivity index (χ2n) is 18.4. The zero-order valence-corrected chi connectivity index (χ0v) is 45.3. The summed E-state index contributed by atoms with van der Waals surface area (Å²) < 4.78 is 59.4. The lowest BCUT2D eigenvalue weighted by molar-refractivity contribution is -0.301. The van der Waals surface area contributed by atoms with Gasteiger partial charge in [-0.3, -0.25) is 9.35 Å². The van der Waals surface area contributed by atoms with Gasteiger partial charge in [0.2, 0.25) is 0 Å². The topological polar surface area (TPSA) is 178 Å². The average Bonchev–Trinajstić information content (AvgIpc) is 3.36. The van der Waals surface area contributed by atoms with E-state index < -0.39 is 59.8 Å². The van der Waals surface area contributed by atoms with Crippen LogP contribution in [0.3, 0.4) is 0 Å². The van der Waals surface area contributed by atoms with E-state index in [0.29, 0.717) is 13.0 Å². The highest BCUT2D eigenvalue weighted by molar-refractivity contribution is 7.80. The van der Waals surface area contributed by atoms with E-state index in [2.05, 4.69) is 127 Å². The molecule has 6 atom stereocenters. The van der Waals surface area contributed by atoms with Crippen molar-refractivity contribution in [1.82, 2.24) is 0 Å². The van der Waals surface area contributed by atoms with Gasteiger partial charge in [-0.05, 0) is 96.3 Å². The third kappa shape index (κ3) is 41.1. The third-order valence-corrected chi connectivity index (χ3v) is 12.4. The van der Waals surface area contributed by atoms with Gasteiger partial charge in [0.25, 0.3) is 0 Å². The first-order valence-electron chi connectivity index (χ1n) is 27.6. The van der Waals surface area contributed by atoms with E-state index in [1.165, 1.54) is 44.9 Å². The minimum atomic E-state index is -5.08. The van der Waals surface area contributed by atoms with Gasteiger partial charge in [-0.2, -0.15) is 8.42 Å². The Hall–Kier alpha value is -3.24. The van der Waals surface area contributed by atoms with Gasteiger partial charge >= 0.3 is 16.4 Å². The molecule has 0 aromatic carbocycles. The van der Waals surface area contributed by atoms with Gasteiger partial charge in [0.15, 0.2) is 6.29 Å². The first-order valence-corrected chi connectivity index (χ1v) is 29.0. The molecule has 1 rings (SSSR count). The Bertz CT molecular complexity index is 1660. The molecule has 0 aromatic rings. The number of unbranched alkanes of at least 4 members (excludes halogenated alkanes) is 16. The number of carbonyl (C=O) groups excluding carboxylic acids is 1. The molecule has 1 aliphatic rings. The van der Waals surface area contributed by atoms with E-state index in [1.807, 2.05) is 0 Å². The highest BCUT2D eigenvalue weighted by Gasteiger charge is 2.48. The van der Waals surface area contributed by atoms with Crippen molar-refractivity contribution < 1.29 is 56.2 Å². The highest BCUT2D eigenvalue weighted by atomic mass is 32.3. The second-order valence-corrected chi connectivity index (χ2v) is 19.5. The van der Waals surface area contributed by atoms with Gasteiger partial charge in [0.05, 0.1) is 19.8 Å². The number of aliphatic hydroxyl groups is 3. The number of rotatable bonds is 47. The van der Waals surface area contributed by atoms with Gasteiger partial charge in [-0.1, -0.05) is 200 Å². The molecule has 72 heavy (non-hydrogen) atoms. The first-order chi connectivity index (χ1) is 35.1. The molecule has 0 spiro atoms. The Labute approximate surface area is 437 Å². The Kier molecular flexibility index (Phi) is 45.2.